The molecule has 0 atom stereocenters. The number of ether oxygens (including phenoxy) is 2. The number of aromatic nitrogens is 1. The normalized spacial score (nSPS) is 10.8. The lowest BCUT2D eigenvalue weighted by atomic mass is 10.1. The third-order valence-electron chi connectivity index (χ3n) is 4.29. The van der Waals surface area contributed by atoms with Gasteiger partial charge in [0.15, 0.2) is 5.58 Å². The first-order valence-electron chi connectivity index (χ1n) is 8.17. The van der Waals surface area contributed by atoms with Crippen LogP contribution in [0.5, 0.6) is 11.5 Å². The minimum Gasteiger partial charge on any atom is -0.497 e. The summed E-state index contributed by atoms with van der Waals surface area (Å²) in [5.41, 5.74) is 11.0. The molecule has 5 heteroatoms. The molecule has 0 aliphatic rings. The van der Waals surface area contributed by atoms with E-state index in [2.05, 4.69) is 4.98 Å². The molecule has 1 heterocycles. The second kappa shape index (κ2) is 6.44. The van der Waals surface area contributed by atoms with Crippen LogP contribution in [-0.4, -0.2) is 19.2 Å². The van der Waals surface area contributed by atoms with Crippen molar-refractivity contribution in [1.29, 1.82) is 0 Å². The summed E-state index contributed by atoms with van der Waals surface area (Å²) in [7, 11) is 3.25. The van der Waals surface area contributed by atoms with Crippen LogP contribution in [0, 0.1) is 0 Å². The Morgan fingerprint density at radius 2 is 1.54 bits per heavy atom. The molecule has 5 nitrogen and oxygen atoms in total. The molecule has 0 saturated carbocycles. The number of benzene rings is 3. The van der Waals surface area contributed by atoms with Gasteiger partial charge >= 0.3 is 0 Å². The summed E-state index contributed by atoms with van der Waals surface area (Å²) in [5, 5.41) is 0. The van der Waals surface area contributed by atoms with E-state index in [1.165, 1.54) is 0 Å². The van der Waals surface area contributed by atoms with Crippen LogP contribution in [0.3, 0.4) is 0 Å². The zero-order valence-corrected chi connectivity index (χ0v) is 14.5. The first-order valence-corrected chi connectivity index (χ1v) is 8.17. The Morgan fingerprint density at radius 3 is 2.23 bits per heavy atom. The fourth-order valence-corrected chi connectivity index (χ4v) is 2.88. The zero-order valence-electron chi connectivity index (χ0n) is 14.5. The molecule has 4 rings (SSSR count). The van der Waals surface area contributed by atoms with Gasteiger partial charge in [0, 0.05) is 5.56 Å². The van der Waals surface area contributed by atoms with Gasteiger partial charge in [-0.05, 0) is 53.6 Å². The highest BCUT2D eigenvalue weighted by atomic mass is 16.5. The van der Waals surface area contributed by atoms with Crippen molar-refractivity contribution in [2.75, 3.05) is 20.0 Å². The number of fused-ring (bicyclic) bond motifs is 1. The number of oxazole rings is 1. The van der Waals surface area contributed by atoms with E-state index in [1.807, 2.05) is 54.6 Å². The maximum absolute atomic E-state index is 5.98. The molecule has 0 fully saturated rings. The maximum atomic E-state index is 5.98. The standard InChI is InChI=1S/C21H18N2O3/c1-24-16-7-3-13(4-8-16)14-5-10-20-18(12-14)23-21(26-20)15-6-9-19(25-2)17(22)11-15/h3-12H,22H2,1-2H3. The Bertz CT molecular complexity index is 1070. The van der Waals surface area contributed by atoms with E-state index in [0.717, 1.165) is 33.5 Å². The second-order valence-corrected chi connectivity index (χ2v) is 5.89. The molecule has 4 aromatic rings. The van der Waals surface area contributed by atoms with Gasteiger partial charge < -0.3 is 19.6 Å². The van der Waals surface area contributed by atoms with E-state index in [4.69, 9.17) is 19.6 Å². The number of hydrogen-bond acceptors (Lipinski definition) is 5. The largest absolute Gasteiger partial charge is 0.497 e. The number of anilines is 1. The van der Waals surface area contributed by atoms with Crippen LogP contribution >= 0.6 is 0 Å². The predicted molar refractivity (Wildman–Crippen MR) is 102 cm³/mol. The molecule has 0 spiro atoms. The number of nitrogen functional groups attached to an aromatic ring is 1. The van der Waals surface area contributed by atoms with Crippen LogP contribution in [0.25, 0.3) is 33.7 Å². The molecule has 0 aliphatic carbocycles. The molecular weight excluding hydrogens is 328 g/mol. The van der Waals surface area contributed by atoms with E-state index in [0.29, 0.717) is 17.3 Å². The summed E-state index contributed by atoms with van der Waals surface area (Å²) < 4.78 is 16.3. The van der Waals surface area contributed by atoms with Gasteiger partial charge in [-0.15, -0.1) is 0 Å². The highest BCUT2D eigenvalue weighted by Crippen LogP contribution is 2.32. The average Bonchev–Trinajstić information content (AvgIpc) is 3.11. The van der Waals surface area contributed by atoms with Gasteiger partial charge in [-0.3, -0.25) is 0 Å². The first kappa shape index (κ1) is 16.0. The van der Waals surface area contributed by atoms with Crippen LogP contribution < -0.4 is 15.2 Å². The number of nitrogens with zero attached hydrogens (tertiary/aromatic N) is 1. The Kier molecular flexibility index (Phi) is 3.97. The smallest absolute Gasteiger partial charge is 0.227 e. The van der Waals surface area contributed by atoms with E-state index >= 15 is 0 Å². The molecule has 0 saturated heterocycles. The minimum absolute atomic E-state index is 0.529. The Morgan fingerprint density at radius 1 is 0.808 bits per heavy atom. The van der Waals surface area contributed by atoms with Gasteiger partial charge in [0.25, 0.3) is 0 Å². The number of methoxy groups -OCH3 is 2. The SMILES string of the molecule is COc1ccc(-c2ccc3oc(-c4ccc(OC)c(N)c4)nc3c2)cc1. The summed E-state index contributed by atoms with van der Waals surface area (Å²) >= 11 is 0. The number of hydrogen-bond donors (Lipinski definition) is 1. The quantitative estimate of drug-likeness (QED) is 0.539. The maximum Gasteiger partial charge on any atom is 0.227 e. The highest BCUT2D eigenvalue weighted by molar-refractivity contribution is 5.83. The highest BCUT2D eigenvalue weighted by Gasteiger charge is 2.11. The molecule has 0 aliphatic heterocycles. The van der Waals surface area contributed by atoms with Gasteiger partial charge in [-0.25, -0.2) is 4.98 Å². The Labute approximate surface area is 151 Å². The molecule has 3 aromatic carbocycles. The molecule has 0 bridgehead atoms. The zero-order chi connectivity index (χ0) is 18.1. The fraction of sp³-hybridized carbons (Fsp3) is 0.0952. The number of rotatable bonds is 4. The van der Waals surface area contributed by atoms with Crippen molar-refractivity contribution >= 4 is 16.8 Å². The average molecular weight is 346 g/mol. The molecule has 130 valence electrons. The van der Waals surface area contributed by atoms with Crippen LogP contribution in [0.2, 0.25) is 0 Å². The lowest BCUT2D eigenvalue weighted by Gasteiger charge is -2.04. The van der Waals surface area contributed by atoms with Crippen LogP contribution in [-0.2, 0) is 0 Å². The van der Waals surface area contributed by atoms with Gasteiger partial charge in [0.2, 0.25) is 5.89 Å². The fourth-order valence-electron chi connectivity index (χ4n) is 2.88. The third kappa shape index (κ3) is 2.84. The summed E-state index contributed by atoms with van der Waals surface area (Å²) in [4.78, 5) is 4.61. The molecular formula is C21H18N2O3. The van der Waals surface area contributed by atoms with Crippen molar-refractivity contribution in [3.8, 4) is 34.1 Å². The Balaban J connectivity index is 1.72. The van der Waals surface area contributed by atoms with Gasteiger partial charge in [-0.2, -0.15) is 0 Å². The van der Waals surface area contributed by atoms with Gasteiger partial charge in [0.05, 0.1) is 19.9 Å². The molecule has 2 N–H and O–H groups in total. The van der Waals surface area contributed by atoms with Crippen LogP contribution in [0.1, 0.15) is 0 Å². The van der Waals surface area contributed by atoms with Gasteiger partial charge in [0.1, 0.15) is 17.0 Å². The topological polar surface area (TPSA) is 70.5 Å². The second-order valence-electron chi connectivity index (χ2n) is 5.89. The van der Waals surface area contributed by atoms with E-state index in [1.54, 1.807) is 20.3 Å². The predicted octanol–water partition coefficient (Wildman–Crippen LogP) is 4.76. The van der Waals surface area contributed by atoms with E-state index < -0.39 is 0 Å². The Hall–Kier alpha value is -3.47. The van der Waals surface area contributed by atoms with E-state index in [-0.39, 0.29) is 0 Å². The minimum atomic E-state index is 0.529. The molecule has 0 radical (unpaired) electrons. The van der Waals surface area contributed by atoms with Gasteiger partial charge in [-0.1, -0.05) is 18.2 Å². The van der Waals surface area contributed by atoms with Crippen molar-refractivity contribution < 1.29 is 13.9 Å². The first-order chi connectivity index (χ1) is 12.7. The summed E-state index contributed by atoms with van der Waals surface area (Å²) in [6.07, 6.45) is 0. The van der Waals surface area contributed by atoms with Crippen LogP contribution in [0.15, 0.2) is 65.1 Å². The van der Waals surface area contributed by atoms with Crippen molar-refractivity contribution in [2.24, 2.45) is 0 Å². The van der Waals surface area contributed by atoms with Crippen molar-refractivity contribution in [3.05, 3.63) is 60.7 Å². The molecule has 0 amide bonds. The molecule has 0 unspecified atom stereocenters. The lowest BCUT2D eigenvalue weighted by molar-refractivity contribution is 0.415. The summed E-state index contributed by atoms with van der Waals surface area (Å²) in [5.74, 6) is 1.99. The van der Waals surface area contributed by atoms with Crippen molar-refractivity contribution in [2.45, 2.75) is 0 Å². The molecule has 1 aromatic heterocycles. The van der Waals surface area contributed by atoms with E-state index in [9.17, 15) is 0 Å². The monoisotopic (exact) mass is 346 g/mol. The number of nitrogens with two attached hydrogens (primary N) is 1. The van der Waals surface area contributed by atoms with Crippen molar-refractivity contribution in [1.82, 2.24) is 4.98 Å². The molecule has 26 heavy (non-hydrogen) atoms. The van der Waals surface area contributed by atoms with Crippen molar-refractivity contribution in [3.63, 3.8) is 0 Å². The lowest BCUT2D eigenvalue weighted by Crippen LogP contribution is -1.92. The summed E-state index contributed by atoms with van der Waals surface area (Å²) in [6.45, 7) is 0. The van der Waals surface area contributed by atoms with Crippen LogP contribution in [0.4, 0.5) is 5.69 Å². The third-order valence-corrected chi connectivity index (χ3v) is 4.29. The summed E-state index contributed by atoms with van der Waals surface area (Å²) in [6, 6.07) is 19.4.